The predicted octanol–water partition coefficient (Wildman–Crippen LogP) is 3.00. The molecule has 114 valence electrons. The molecule has 1 aliphatic carbocycles. The van der Waals surface area contributed by atoms with E-state index in [-0.39, 0.29) is 0 Å². The number of aromatic nitrogens is 5. The average molecular weight is 307 g/mol. The van der Waals surface area contributed by atoms with E-state index >= 15 is 0 Å². The molecule has 5 rings (SSSR count). The molecule has 0 radical (unpaired) electrons. The molecule has 1 fully saturated rings. The van der Waals surface area contributed by atoms with E-state index in [4.69, 9.17) is 8.94 Å². The zero-order valence-corrected chi connectivity index (χ0v) is 12.2. The summed E-state index contributed by atoms with van der Waals surface area (Å²) in [6.45, 7) is 0.410. The van der Waals surface area contributed by atoms with Gasteiger partial charge < -0.3 is 8.94 Å². The molecule has 23 heavy (non-hydrogen) atoms. The average Bonchev–Trinajstić information content (AvgIpc) is 3.00. The second-order valence-corrected chi connectivity index (χ2v) is 5.78. The molecule has 7 heteroatoms. The van der Waals surface area contributed by atoms with E-state index < -0.39 is 0 Å². The molecular weight excluding hydrogens is 294 g/mol. The highest BCUT2D eigenvalue weighted by molar-refractivity contribution is 5.81. The first-order chi connectivity index (χ1) is 11.3. The molecule has 7 nitrogen and oxygen atoms in total. The molecule has 0 aliphatic heterocycles. The molecule has 0 saturated heterocycles. The lowest BCUT2D eigenvalue weighted by Gasteiger charge is -1.92. The summed E-state index contributed by atoms with van der Waals surface area (Å²) >= 11 is 0. The van der Waals surface area contributed by atoms with Gasteiger partial charge in [0.05, 0.1) is 5.69 Å². The first kappa shape index (κ1) is 12.6. The lowest BCUT2D eigenvalue weighted by Crippen LogP contribution is -2.00. The number of nitrogens with zero attached hydrogens (tertiary/aromatic N) is 5. The first-order valence-corrected chi connectivity index (χ1v) is 7.57. The molecule has 0 atom stereocenters. The number of para-hydroxylation sites is 1. The van der Waals surface area contributed by atoms with Crippen LogP contribution in [0.5, 0.6) is 0 Å². The number of rotatable bonds is 4. The van der Waals surface area contributed by atoms with E-state index in [1.54, 1.807) is 4.68 Å². The Morgan fingerprint density at radius 2 is 2.13 bits per heavy atom. The van der Waals surface area contributed by atoms with E-state index in [0.29, 0.717) is 29.9 Å². The molecular formula is C16H13N5O2. The number of hydrogen-bond donors (Lipinski definition) is 0. The first-order valence-electron chi connectivity index (χ1n) is 7.57. The van der Waals surface area contributed by atoms with Gasteiger partial charge in [-0.3, -0.25) is 0 Å². The summed E-state index contributed by atoms with van der Waals surface area (Å²) in [4.78, 5) is 4.38. The Hall–Kier alpha value is -2.96. The molecule has 0 spiro atoms. The summed E-state index contributed by atoms with van der Waals surface area (Å²) in [6, 6.07) is 9.70. The molecule has 0 unspecified atom stereocenters. The quantitative estimate of drug-likeness (QED) is 0.576. The maximum atomic E-state index is 5.74. The van der Waals surface area contributed by atoms with Crippen LogP contribution in [-0.2, 0) is 6.54 Å². The van der Waals surface area contributed by atoms with Crippen LogP contribution in [0.4, 0.5) is 0 Å². The molecule has 0 N–H and O–H groups in total. The largest absolute Gasteiger partial charge is 0.453 e. The topological polar surface area (TPSA) is 82.8 Å². The van der Waals surface area contributed by atoms with Gasteiger partial charge in [-0.1, -0.05) is 28.6 Å². The lowest BCUT2D eigenvalue weighted by molar-refractivity contribution is 0.364. The van der Waals surface area contributed by atoms with Crippen molar-refractivity contribution in [2.75, 3.05) is 0 Å². The molecule has 1 aliphatic rings. The van der Waals surface area contributed by atoms with Crippen molar-refractivity contribution >= 4 is 11.0 Å². The maximum Gasteiger partial charge on any atom is 0.248 e. The Kier molecular flexibility index (Phi) is 2.61. The summed E-state index contributed by atoms with van der Waals surface area (Å²) in [6.07, 6.45) is 4.35. The van der Waals surface area contributed by atoms with Gasteiger partial charge in [0.1, 0.15) is 12.1 Å². The highest BCUT2D eigenvalue weighted by Crippen LogP contribution is 2.38. The normalized spacial score (nSPS) is 14.6. The molecule has 3 aromatic heterocycles. The van der Waals surface area contributed by atoms with Crippen molar-refractivity contribution in [2.24, 2.45) is 0 Å². The van der Waals surface area contributed by atoms with Gasteiger partial charge in [-0.25, -0.2) is 4.68 Å². The van der Waals surface area contributed by atoms with Gasteiger partial charge in [0.2, 0.25) is 11.7 Å². The Labute approximate surface area is 130 Å². The van der Waals surface area contributed by atoms with Gasteiger partial charge in [0, 0.05) is 17.5 Å². The Morgan fingerprint density at radius 1 is 1.22 bits per heavy atom. The van der Waals surface area contributed by atoms with Gasteiger partial charge >= 0.3 is 0 Å². The predicted molar refractivity (Wildman–Crippen MR) is 80.6 cm³/mol. The van der Waals surface area contributed by atoms with Gasteiger partial charge in [-0.05, 0) is 25.0 Å². The van der Waals surface area contributed by atoms with Gasteiger partial charge in [-0.2, -0.15) is 4.98 Å². The second kappa shape index (κ2) is 4.77. The molecule has 4 aromatic rings. The molecule has 0 bridgehead atoms. The maximum absolute atomic E-state index is 5.74. The Bertz CT molecular complexity index is 946. The Morgan fingerprint density at radius 3 is 3.00 bits per heavy atom. The number of benzene rings is 1. The second-order valence-electron chi connectivity index (χ2n) is 5.78. The smallest absolute Gasteiger partial charge is 0.248 e. The summed E-state index contributed by atoms with van der Waals surface area (Å²) in [5.41, 5.74) is 1.85. The molecule has 3 heterocycles. The summed E-state index contributed by atoms with van der Waals surface area (Å²) < 4.78 is 12.8. The van der Waals surface area contributed by atoms with Crippen LogP contribution in [0, 0.1) is 0 Å². The van der Waals surface area contributed by atoms with Crippen molar-refractivity contribution < 1.29 is 8.94 Å². The van der Waals surface area contributed by atoms with Crippen LogP contribution >= 0.6 is 0 Å². The lowest BCUT2D eigenvalue weighted by atomic mass is 10.2. The minimum absolute atomic E-state index is 0.410. The van der Waals surface area contributed by atoms with Crippen LogP contribution in [0.15, 0.2) is 45.5 Å². The van der Waals surface area contributed by atoms with Gasteiger partial charge in [-0.15, -0.1) is 5.10 Å². The third kappa shape index (κ3) is 2.30. The number of hydrogen-bond acceptors (Lipinski definition) is 6. The monoisotopic (exact) mass is 307 g/mol. The minimum Gasteiger partial charge on any atom is -0.453 e. The van der Waals surface area contributed by atoms with Crippen LogP contribution in [0.25, 0.3) is 22.6 Å². The zero-order chi connectivity index (χ0) is 15.2. The fourth-order valence-electron chi connectivity index (χ4n) is 2.61. The number of furan rings is 1. The van der Waals surface area contributed by atoms with Gasteiger partial charge in [0.25, 0.3) is 0 Å². The van der Waals surface area contributed by atoms with Crippen molar-refractivity contribution in [3.8, 4) is 11.6 Å². The summed E-state index contributed by atoms with van der Waals surface area (Å²) in [5.74, 6) is 2.10. The van der Waals surface area contributed by atoms with Gasteiger partial charge in [0.15, 0.2) is 5.76 Å². The van der Waals surface area contributed by atoms with Crippen LogP contribution in [-0.4, -0.2) is 25.1 Å². The fourth-order valence-corrected chi connectivity index (χ4v) is 2.61. The van der Waals surface area contributed by atoms with Crippen molar-refractivity contribution in [3.63, 3.8) is 0 Å². The van der Waals surface area contributed by atoms with Crippen molar-refractivity contribution in [3.05, 3.63) is 48.1 Å². The highest BCUT2D eigenvalue weighted by Gasteiger charge is 2.26. The minimum atomic E-state index is 0.410. The van der Waals surface area contributed by atoms with Crippen molar-refractivity contribution in [1.29, 1.82) is 0 Å². The zero-order valence-electron chi connectivity index (χ0n) is 12.2. The van der Waals surface area contributed by atoms with E-state index in [1.807, 2.05) is 36.5 Å². The van der Waals surface area contributed by atoms with Crippen LogP contribution in [0.1, 0.15) is 30.3 Å². The van der Waals surface area contributed by atoms with Crippen LogP contribution in [0.2, 0.25) is 0 Å². The standard InChI is InChI=1S/C16H13N5O2/c1-2-4-13-11(3-1)7-14(22-13)16-17-15(23-19-16)9-21-8-12(18-20-21)10-5-6-10/h1-4,7-8,10H,5-6,9H2. The van der Waals surface area contributed by atoms with Crippen molar-refractivity contribution in [2.45, 2.75) is 25.3 Å². The fraction of sp³-hybridized carbons (Fsp3) is 0.250. The van der Waals surface area contributed by atoms with Crippen molar-refractivity contribution in [1.82, 2.24) is 25.1 Å². The molecule has 1 aromatic carbocycles. The third-order valence-electron chi connectivity index (χ3n) is 3.96. The summed E-state index contributed by atoms with van der Waals surface area (Å²) in [7, 11) is 0. The molecule has 1 saturated carbocycles. The number of fused-ring (bicyclic) bond motifs is 1. The van der Waals surface area contributed by atoms with E-state index in [1.165, 1.54) is 12.8 Å². The Balaban J connectivity index is 1.40. The third-order valence-corrected chi connectivity index (χ3v) is 3.96. The van der Waals surface area contributed by atoms with E-state index in [0.717, 1.165) is 16.7 Å². The van der Waals surface area contributed by atoms with E-state index in [9.17, 15) is 0 Å². The summed E-state index contributed by atoms with van der Waals surface area (Å²) in [5, 5.41) is 13.3. The van der Waals surface area contributed by atoms with Crippen LogP contribution < -0.4 is 0 Å². The highest BCUT2D eigenvalue weighted by atomic mass is 16.5. The SMILES string of the molecule is c1ccc2oc(-c3noc(Cn4cc(C5CC5)nn4)n3)cc2c1. The van der Waals surface area contributed by atoms with Crippen LogP contribution in [0.3, 0.4) is 0 Å². The van der Waals surface area contributed by atoms with E-state index in [2.05, 4.69) is 20.5 Å². The molecule has 0 amide bonds.